The quantitative estimate of drug-likeness (QED) is 0.244. The molecule has 0 aliphatic carbocycles. The highest BCUT2D eigenvalue weighted by atomic mass is 31.2. The Hall–Kier alpha value is -4.27. The van der Waals surface area contributed by atoms with E-state index in [0.717, 1.165) is 39.8 Å². The predicted molar refractivity (Wildman–Crippen MR) is 147 cm³/mol. The molecule has 0 spiro atoms. The molecule has 5 aromatic rings. The standard InChI is InChI=1S/C32H25O4P/c33-26-17-11-23(12-18-26)21-22-9-13-24(14-10-22)32(25-15-19-27(34)20-16-25)37(35)31-8-4-2-6-29(31)28-5-1-3-7-30(28)36-37/h1-20,32-34H,21H2. The molecule has 1 aliphatic rings. The third-order valence-electron chi connectivity index (χ3n) is 6.84. The van der Waals surface area contributed by atoms with E-state index >= 15 is 4.57 Å². The van der Waals surface area contributed by atoms with Crippen molar-refractivity contribution in [3.8, 4) is 28.4 Å². The summed E-state index contributed by atoms with van der Waals surface area (Å²) in [5, 5.41) is 20.2. The maximum absolute atomic E-state index is 15.1. The van der Waals surface area contributed by atoms with Crippen LogP contribution in [-0.4, -0.2) is 10.2 Å². The largest absolute Gasteiger partial charge is 0.508 e. The minimum Gasteiger partial charge on any atom is -0.508 e. The fourth-order valence-corrected chi connectivity index (χ4v) is 7.93. The number of aromatic hydroxyl groups is 2. The van der Waals surface area contributed by atoms with Gasteiger partial charge in [0, 0.05) is 5.56 Å². The van der Waals surface area contributed by atoms with Gasteiger partial charge < -0.3 is 14.7 Å². The van der Waals surface area contributed by atoms with E-state index in [-0.39, 0.29) is 11.5 Å². The van der Waals surface area contributed by atoms with Crippen LogP contribution in [0.1, 0.15) is 27.9 Å². The van der Waals surface area contributed by atoms with Gasteiger partial charge in [0.25, 0.3) is 7.37 Å². The van der Waals surface area contributed by atoms with Crippen LogP contribution in [0.3, 0.4) is 0 Å². The molecular formula is C32H25O4P. The Balaban J connectivity index is 1.46. The van der Waals surface area contributed by atoms with Crippen molar-refractivity contribution in [3.05, 3.63) is 144 Å². The molecule has 182 valence electrons. The molecule has 37 heavy (non-hydrogen) atoms. The van der Waals surface area contributed by atoms with Crippen LogP contribution in [0.2, 0.25) is 0 Å². The van der Waals surface area contributed by atoms with Gasteiger partial charge >= 0.3 is 0 Å². The Kier molecular flexibility index (Phi) is 5.82. The van der Waals surface area contributed by atoms with Crippen molar-refractivity contribution in [1.82, 2.24) is 0 Å². The number of phenolic OH excluding ortho intramolecular Hbond substituents is 2. The molecule has 2 unspecified atom stereocenters. The van der Waals surface area contributed by atoms with Gasteiger partial charge in [0.1, 0.15) is 22.9 Å². The summed E-state index contributed by atoms with van der Waals surface area (Å²) in [6.45, 7) is 0. The summed E-state index contributed by atoms with van der Waals surface area (Å²) in [6.07, 6.45) is 0.717. The number of hydrogen-bond acceptors (Lipinski definition) is 4. The maximum Gasteiger partial charge on any atom is 0.289 e. The van der Waals surface area contributed by atoms with Crippen molar-refractivity contribution in [1.29, 1.82) is 0 Å². The van der Waals surface area contributed by atoms with E-state index in [2.05, 4.69) is 0 Å². The van der Waals surface area contributed by atoms with Crippen LogP contribution in [-0.2, 0) is 11.0 Å². The second-order valence-electron chi connectivity index (χ2n) is 9.28. The van der Waals surface area contributed by atoms with Gasteiger partial charge in [-0.05, 0) is 70.6 Å². The van der Waals surface area contributed by atoms with Crippen molar-refractivity contribution in [2.24, 2.45) is 0 Å². The molecule has 2 N–H and O–H groups in total. The SMILES string of the molecule is O=P1(C(c2ccc(O)cc2)c2ccc(Cc3ccc(O)cc3)cc2)Oc2ccccc2-c2ccccc21. The van der Waals surface area contributed by atoms with Crippen LogP contribution in [0.25, 0.3) is 11.1 Å². The summed E-state index contributed by atoms with van der Waals surface area (Å²) in [6, 6.07) is 37.7. The summed E-state index contributed by atoms with van der Waals surface area (Å²) in [5.41, 5.74) is 5.16. The number of para-hydroxylation sites is 1. The van der Waals surface area contributed by atoms with Crippen LogP contribution >= 0.6 is 7.37 Å². The Morgan fingerprint density at radius 2 is 1.08 bits per heavy atom. The first-order valence-corrected chi connectivity index (χ1v) is 13.8. The van der Waals surface area contributed by atoms with Crippen molar-refractivity contribution in [2.75, 3.05) is 0 Å². The third kappa shape index (κ3) is 4.30. The lowest BCUT2D eigenvalue weighted by Crippen LogP contribution is -2.22. The lowest BCUT2D eigenvalue weighted by molar-refractivity contribution is 0.473. The van der Waals surface area contributed by atoms with Gasteiger partial charge in [-0.15, -0.1) is 0 Å². The molecule has 0 aromatic heterocycles. The van der Waals surface area contributed by atoms with Gasteiger partial charge in [0.15, 0.2) is 0 Å². The van der Waals surface area contributed by atoms with Crippen LogP contribution < -0.4 is 9.83 Å². The normalized spacial score (nSPS) is 16.8. The zero-order valence-electron chi connectivity index (χ0n) is 20.0. The molecule has 0 saturated heterocycles. The molecule has 6 rings (SSSR count). The van der Waals surface area contributed by atoms with E-state index < -0.39 is 13.0 Å². The molecule has 2 atom stereocenters. The summed E-state index contributed by atoms with van der Waals surface area (Å²) in [4.78, 5) is 0. The van der Waals surface area contributed by atoms with Crippen molar-refractivity contribution in [3.63, 3.8) is 0 Å². The fourth-order valence-electron chi connectivity index (χ4n) is 5.04. The van der Waals surface area contributed by atoms with Crippen molar-refractivity contribution in [2.45, 2.75) is 12.1 Å². The van der Waals surface area contributed by atoms with E-state index in [1.54, 1.807) is 24.3 Å². The van der Waals surface area contributed by atoms with Crippen LogP contribution in [0, 0.1) is 0 Å². The second kappa shape index (κ2) is 9.31. The summed E-state index contributed by atoms with van der Waals surface area (Å²) >= 11 is 0. The van der Waals surface area contributed by atoms with Crippen LogP contribution in [0.5, 0.6) is 17.2 Å². The van der Waals surface area contributed by atoms with E-state index in [9.17, 15) is 10.2 Å². The Labute approximate surface area is 215 Å². The Morgan fingerprint density at radius 1 is 0.595 bits per heavy atom. The molecule has 0 saturated carbocycles. The molecule has 5 aromatic carbocycles. The lowest BCUT2D eigenvalue weighted by atomic mass is 10.00. The first-order valence-electron chi connectivity index (χ1n) is 12.2. The maximum atomic E-state index is 15.1. The van der Waals surface area contributed by atoms with Gasteiger partial charge in [-0.25, -0.2) is 0 Å². The average Bonchev–Trinajstić information content (AvgIpc) is 2.92. The molecule has 0 fully saturated rings. The second-order valence-corrected chi connectivity index (χ2v) is 11.7. The Bertz CT molecular complexity index is 1610. The topological polar surface area (TPSA) is 66.8 Å². The van der Waals surface area contributed by atoms with Gasteiger partial charge in [0.05, 0.1) is 5.30 Å². The van der Waals surface area contributed by atoms with Crippen LogP contribution in [0.4, 0.5) is 0 Å². The molecule has 0 amide bonds. The molecular weight excluding hydrogens is 479 g/mol. The molecule has 5 heteroatoms. The average molecular weight is 505 g/mol. The van der Waals surface area contributed by atoms with Gasteiger partial charge in [-0.2, -0.15) is 0 Å². The summed E-state index contributed by atoms with van der Waals surface area (Å²) in [7, 11) is -3.50. The minimum absolute atomic E-state index is 0.153. The monoisotopic (exact) mass is 504 g/mol. The fraction of sp³-hybridized carbons (Fsp3) is 0.0625. The zero-order chi connectivity index (χ0) is 25.4. The van der Waals surface area contributed by atoms with E-state index in [4.69, 9.17) is 4.52 Å². The number of fused-ring (bicyclic) bond motifs is 3. The molecule has 4 nitrogen and oxygen atoms in total. The zero-order valence-corrected chi connectivity index (χ0v) is 20.9. The van der Waals surface area contributed by atoms with Gasteiger partial charge in [-0.3, -0.25) is 4.57 Å². The summed E-state index contributed by atoms with van der Waals surface area (Å²) < 4.78 is 21.6. The van der Waals surface area contributed by atoms with E-state index in [1.165, 1.54) is 0 Å². The van der Waals surface area contributed by atoms with Gasteiger partial charge in [-0.1, -0.05) is 84.9 Å². The molecule has 0 bridgehead atoms. The van der Waals surface area contributed by atoms with Crippen molar-refractivity contribution < 1.29 is 19.3 Å². The minimum atomic E-state index is -3.50. The highest BCUT2D eigenvalue weighted by Gasteiger charge is 2.44. The molecule has 1 heterocycles. The first kappa shape index (κ1) is 23.1. The van der Waals surface area contributed by atoms with Crippen molar-refractivity contribution >= 4 is 12.7 Å². The number of hydrogen-bond donors (Lipinski definition) is 2. The highest BCUT2D eigenvalue weighted by Crippen LogP contribution is 2.65. The Morgan fingerprint density at radius 3 is 1.73 bits per heavy atom. The van der Waals surface area contributed by atoms with E-state index in [0.29, 0.717) is 11.1 Å². The smallest absolute Gasteiger partial charge is 0.289 e. The number of rotatable bonds is 5. The molecule has 0 radical (unpaired) electrons. The van der Waals surface area contributed by atoms with Crippen LogP contribution in [0.15, 0.2) is 121 Å². The predicted octanol–water partition coefficient (Wildman–Crippen LogP) is 7.44. The third-order valence-corrected chi connectivity index (χ3v) is 9.65. The highest BCUT2D eigenvalue weighted by molar-refractivity contribution is 7.68. The number of benzene rings is 5. The lowest BCUT2D eigenvalue weighted by Gasteiger charge is -2.34. The van der Waals surface area contributed by atoms with Gasteiger partial charge in [0.2, 0.25) is 0 Å². The van der Waals surface area contributed by atoms with E-state index in [1.807, 2.05) is 97.1 Å². The first-order chi connectivity index (χ1) is 18.0. The molecule has 1 aliphatic heterocycles. The number of phenols is 2. The summed E-state index contributed by atoms with van der Waals surface area (Å²) in [5.74, 6) is 1.01.